The van der Waals surface area contributed by atoms with Crippen LogP contribution in [0.15, 0.2) is 12.2 Å². The minimum atomic E-state index is 0.753. The molecule has 1 rings (SSSR count). The summed E-state index contributed by atoms with van der Waals surface area (Å²) in [6.45, 7) is 2.18. The van der Waals surface area contributed by atoms with Crippen molar-refractivity contribution in [1.29, 1.82) is 0 Å². The van der Waals surface area contributed by atoms with Crippen molar-refractivity contribution < 1.29 is 0 Å². The second kappa shape index (κ2) is 6.28. The lowest BCUT2D eigenvalue weighted by atomic mass is 9.95. The van der Waals surface area contributed by atoms with E-state index in [0.29, 0.717) is 0 Å². The van der Waals surface area contributed by atoms with Crippen LogP contribution in [-0.4, -0.2) is 0 Å². The lowest BCUT2D eigenvalue weighted by Gasteiger charge is -2.10. The largest absolute Gasteiger partial charge is 0.0882 e. The zero-order chi connectivity index (χ0) is 8.65. The topological polar surface area (TPSA) is 0 Å². The molecule has 0 N–H and O–H groups in total. The number of rotatable bonds is 1. The van der Waals surface area contributed by atoms with E-state index in [9.17, 15) is 0 Å². The van der Waals surface area contributed by atoms with E-state index in [0.717, 1.165) is 5.92 Å². The SMILES string of the molecule is C[CH]C1/C=C\CCCCCCC1. The molecule has 1 aliphatic rings. The van der Waals surface area contributed by atoms with Crippen LogP contribution >= 0.6 is 0 Å². The fraction of sp³-hybridized carbons (Fsp3) is 0.750. The van der Waals surface area contributed by atoms with Gasteiger partial charge in [-0.2, -0.15) is 0 Å². The summed E-state index contributed by atoms with van der Waals surface area (Å²) in [4.78, 5) is 0. The Hall–Kier alpha value is -0.260. The van der Waals surface area contributed by atoms with E-state index in [2.05, 4.69) is 25.5 Å². The number of hydrogen-bond acceptors (Lipinski definition) is 0. The highest BCUT2D eigenvalue weighted by Gasteiger charge is 2.02. The van der Waals surface area contributed by atoms with Crippen molar-refractivity contribution in [2.75, 3.05) is 0 Å². The van der Waals surface area contributed by atoms with Gasteiger partial charge in [0.25, 0.3) is 0 Å². The molecule has 1 aliphatic carbocycles. The maximum absolute atomic E-state index is 2.39. The molecular formula is C12H21. The summed E-state index contributed by atoms with van der Waals surface area (Å²) in [5, 5.41) is 0. The van der Waals surface area contributed by atoms with Crippen LogP contribution in [0.5, 0.6) is 0 Å². The van der Waals surface area contributed by atoms with E-state index in [-0.39, 0.29) is 0 Å². The van der Waals surface area contributed by atoms with Crippen LogP contribution in [-0.2, 0) is 0 Å². The highest BCUT2D eigenvalue weighted by Crippen LogP contribution is 2.18. The summed E-state index contributed by atoms with van der Waals surface area (Å²) in [5.74, 6) is 0.753. The first-order valence-corrected chi connectivity index (χ1v) is 5.39. The molecular weight excluding hydrogens is 144 g/mol. The summed E-state index contributed by atoms with van der Waals surface area (Å²) < 4.78 is 0. The Morgan fingerprint density at radius 3 is 2.67 bits per heavy atom. The van der Waals surface area contributed by atoms with Gasteiger partial charge in [0.2, 0.25) is 0 Å². The van der Waals surface area contributed by atoms with Crippen LogP contribution in [0.2, 0.25) is 0 Å². The third-order valence-corrected chi connectivity index (χ3v) is 2.72. The van der Waals surface area contributed by atoms with Gasteiger partial charge in [-0.1, -0.05) is 44.8 Å². The van der Waals surface area contributed by atoms with Crippen LogP contribution in [0.1, 0.15) is 51.9 Å². The zero-order valence-electron chi connectivity index (χ0n) is 8.26. The highest BCUT2D eigenvalue weighted by molar-refractivity contribution is 4.93. The highest BCUT2D eigenvalue weighted by atomic mass is 14.1. The van der Waals surface area contributed by atoms with Gasteiger partial charge in [0.05, 0.1) is 0 Å². The Balaban J connectivity index is 2.31. The van der Waals surface area contributed by atoms with Crippen LogP contribution in [0.3, 0.4) is 0 Å². The molecule has 69 valence electrons. The van der Waals surface area contributed by atoms with Crippen LogP contribution in [0, 0.1) is 12.3 Å². The molecule has 0 aromatic carbocycles. The average molecular weight is 165 g/mol. The van der Waals surface area contributed by atoms with Crippen molar-refractivity contribution in [2.24, 2.45) is 5.92 Å². The van der Waals surface area contributed by atoms with Gasteiger partial charge in [-0.05, 0) is 31.6 Å². The molecule has 0 aliphatic heterocycles. The summed E-state index contributed by atoms with van der Waals surface area (Å²) in [7, 11) is 0. The van der Waals surface area contributed by atoms with Crippen LogP contribution in [0.25, 0.3) is 0 Å². The molecule has 0 saturated carbocycles. The number of hydrogen-bond donors (Lipinski definition) is 0. The van der Waals surface area contributed by atoms with E-state index < -0.39 is 0 Å². The Kier molecular flexibility index (Phi) is 5.14. The number of allylic oxidation sites excluding steroid dienone is 2. The maximum atomic E-state index is 2.39. The van der Waals surface area contributed by atoms with Crippen molar-refractivity contribution in [3.05, 3.63) is 18.6 Å². The van der Waals surface area contributed by atoms with E-state index in [4.69, 9.17) is 0 Å². The standard InChI is InChI=1S/C12H21/c1-2-12-10-8-6-4-3-5-7-9-11-12/h2,8,10,12H,3-7,9,11H2,1H3/b10-8-. The Bertz CT molecular complexity index is 124. The minimum Gasteiger partial charge on any atom is -0.0882 e. The van der Waals surface area contributed by atoms with Gasteiger partial charge >= 0.3 is 0 Å². The van der Waals surface area contributed by atoms with E-state index >= 15 is 0 Å². The molecule has 0 saturated heterocycles. The first-order valence-electron chi connectivity index (χ1n) is 5.39. The smallest absolute Gasteiger partial charge is 0.0205 e. The predicted octanol–water partition coefficient (Wildman–Crippen LogP) is 4.13. The molecule has 0 spiro atoms. The molecule has 1 radical (unpaired) electrons. The minimum absolute atomic E-state index is 0.753. The fourth-order valence-electron chi connectivity index (χ4n) is 1.82. The molecule has 1 unspecified atom stereocenters. The molecule has 0 aromatic heterocycles. The predicted molar refractivity (Wildman–Crippen MR) is 54.9 cm³/mol. The third-order valence-electron chi connectivity index (χ3n) is 2.72. The average Bonchev–Trinajstić information content (AvgIpc) is 2.14. The molecule has 0 amide bonds. The first-order chi connectivity index (χ1) is 5.93. The lowest BCUT2D eigenvalue weighted by molar-refractivity contribution is 0.545. The first kappa shape index (κ1) is 9.83. The molecule has 12 heavy (non-hydrogen) atoms. The Morgan fingerprint density at radius 2 is 1.83 bits per heavy atom. The third kappa shape index (κ3) is 3.94. The van der Waals surface area contributed by atoms with Gasteiger partial charge in [0.1, 0.15) is 0 Å². The summed E-state index contributed by atoms with van der Waals surface area (Å²) in [6, 6.07) is 0. The van der Waals surface area contributed by atoms with Crippen LogP contribution < -0.4 is 0 Å². The Morgan fingerprint density at radius 1 is 1.08 bits per heavy atom. The van der Waals surface area contributed by atoms with Gasteiger partial charge in [-0.3, -0.25) is 0 Å². The van der Waals surface area contributed by atoms with Gasteiger partial charge in [0.15, 0.2) is 0 Å². The van der Waals surface area contributed by atoms with Crippen molar-refractivity contribution in [3.8, 4) is 0 Å². The van der Waals surface area contributed by atoms with E-state index in [1.807, 2.05) is 0 Å². The molecule has 0 nitrogen and oxygen atoms in total. The molecule has 0 aromatic rings. The molecule has 0 heterocycles. The van der Waals surface area contributed by atoms with Crippen molar-refractivity contribution in [3.63, 3.8) is 0 Å². The molecule has 1 atom stereocenters. The second-order valence-electron chi connectivity index (χ2n) is 3.77. The zero-order valence-corrected chi connectivity index (χ0v) is 8.26. The van der Waals surface area contributed by atoms with Gasteiger partial charge in [-0.25, -0.2) is 0 Å². The van der Waals surface area contributed by atoms with E-state index in [1.54, 1.807) is 0 Å². The van der Waals surface area contributed by atoms with Gasteiger partial charge in [-0.15, -0.1) is 0 Å². The molecule has 0 fully saturated rings. The Labute approximate surface area is 77.1 Å². The van der Waals surface area contributed by atoms with Gasteiger partial charge < -0.3 is 0 Å². The van der Waals surface area contributed by atoms with E-state index in [1.165, 1.54) is 44.9 Å². The fourth-order valence-corrected chi connectivity index (χ4v) is 1.82. The van der Waals surface area contributed by atoms with Crippen molar-refractivity contribution >= 4 is 0 Å². The second-order valence-corrected chi connectivity index (χ2v) is 3.77. The maximum Gasteiger partial charge on any atom is -0.0205 e. The van der Waals surface area contributed by atoms with Crippen molar-refractivity contribution in [2.45, 2.75) is 51.9 Å². The van der Waals surface area contributed by atoms with Crippen molar-refractivity contribution in [1.82, 2.24) is 0 Å². The van der Waals surface area contributed by atoms with Crippen LogP contribution in [0.4, 0.5) is 0 Å². The van der Waals surface area contributed by atoms with Gasteiger partial charge in [0, 0.05) is 0 Å². The quantitative estimate of drug-likeness (QED) is 0.512. The summed E-state index contributed by atoms with van der Waals surface area (Å²) >= 11 is 0. The lowest BCUT2D eigenvalue weighted by Crippen LogP contribution is -1.96. The molecule has 0 bridgehead atoms. The molecule has 0 heteroatoms. The normalized spacial score (nSPS) is 29.6. The monoisotopic (exact) mass is 165 g/mol. The summed E-state index contributed by atoms with van der Waals surface area (Å²) in [6.07, 6.45) is 16.9. The summed E-state index contributed by atoms with van der Waals surface area (Å²) in [5.41, 5.74) is 0.